The lowest BCUT2D eigenvalue weighted by Crippen LogP contribution is -2.09. The highest BCUT2D eigenvalue weighted by Crippen LogP contribution is 2.40. The third kappa shape index (κ3) is 9.03. The molecule has 91 heavy (non-hydrogen) atoms. The molecular weight excluding hydrogens is 1130 g/mol. The normalized spacial score (nSPS) is 11.7. The molecule has 428 valence electrons. The first kappa shape index (κ1) is 52.9. The number of benzene rings is 11. The topological polar surface area (TPSA) is 147 Å². The van der Waals surface area contributed by atoms with Crippen LogP contribution in [-0.2, 0) is 0 Å². The van der Waals surface area contributed by atoms with E-state index in [1.807, 2.05) is 262 Å². The van der Waals surface area contributed by atoms with Crippen molar-refractivity contribution in [2.75, 3.05) is 0 Å². The van der Waals surface area contributed by atoms with Crippen LogP contribution in [0.5, 0.6) is 0 Å². The van der Waals surface area contributed by atoms with Crippen molar-refractivity contribution in [2.45, 2.75) is 6.92 Å². The van der Waals surface area contributed by atoms with E-state index >= 15 is 0 Å². The molecule has 0 amide bonds. The molecule has 10 heteroatoms. The molecule has 0 aliphatic carbocycles. The molecule has 17 rings (SSSR count). The maximum Gasteiger partial charge on any atom is 0.346 e. The van der Waals surface area contributed by atoms with Gasteiger partial charge in [0.15, 0.2) is 0 Å². The Hall–Kier alpha value is -12.4. The molecule has 0 fully saturated rings. The van der Waals surface area contributed by atoms with Gasteiger partial charge in [-0.3, -0.25) is 0 Å². The van der Waals surface area contributed by atoms with Crippen LogP contribution in [0.4, 0.5) is 0 Å². The zero-order chi connectivity index (χ0) is 61.0. The van der Waals surface area contributed by atoms with Gasteiger partial charge in [-0.05, 0) is 156 Å². The van der Waals surface area contributed by atoms with Gasteiger partial charge < -0.3 is 17.7 Å². The largest absolute Gasteiger partial charge is 0.422 e. The van der Waals surface area contributed by atoms with Crippen LogP contribution in [0.25, 0.3) is 177 Å². The van der Waals surface area contributed by atoms with E-state index in [0.29, 0.717) is 72.8 Å². The average Bonchev–Trinajstić information content (AvgIpc) is 0.960. The van der Waals surface area contributed by atoms with Crippen molar-refractivity contribution in [1.29, 1.82) is 0 Å². The van der Waals surface area contributed by atoms with Gasteiger partial charge in [-0.1, -0.05) is 194 Å². The molecule has 6 heterocycles. The van der Waals surface area contributed by atoms with Crippen molar-refractivity contribution in [3.05, 3.63) is 308 Å². The van der Waals surface area contributed by atoms with Crippen molar-refractivity contribution >= 4 is 87.0 Å². The summed E-state index contributed by atoms with van der Waals surface area (Å²) in [6, 6.07) is 84.0. The fraction of sp³-hybridized carbons (Fsp3) is 0.0123. The highest BCUT2D eigenvalue weighted by atomic mass is 16.4. The van der Waals surface area contributed by atoms with E-state index in [1.165, 1.54) is 0 Å². The van der Waals surface area contributed by atoms with Gasteiger partial charge in [0.2, 0.25) is 0 Å². The summed E-state index contributed by atoms with van der Waals surface area (Å²) in [6.07, 6.45) is 0. The highest BCUT2D eigenvalue weighted by molar-refractivity contribution is 6.10. The summed E-state index contributed by atoms with van der Waals surface area (Å²) >= 11 is 0. The van der Waals surface area contributed by atoms with Crippen LogP contribution in [-0.4, -0.2) is 9.97 Å². The van der Waals surface area contributed by atoms with Crippen LogP contribution in [0.15, 0.2) is 298 Å². The average molecular weight is 1180 g/mol. The predicted octanol–water partition coefficient (Wildman–Crippen LogP) is 19.2. The van der Waals surface area contributed by atoms with Crippen molar-refractivity contribution in [2.24, 2.45) is 0 Å². The molecule has 0 unspecified atom stereocenters. The number of rotatable bonds is 8. The molecule has 0 bridgehead atoms. The number of hydrogen-bond donors (Lipinski definition) is 0. The first-order valence-corrected chi connectivity index (χ1v) is 29.8. The number of hydrogen-bond acceptors (Lipinski definition) is 10. The Morgan fingerprint density at radius 3 is 1.04 bits per heavy atom. The summed E-state index contributed by atoms with van der Waals surface area (Å²) in [4.78, 5) is 66.7. The van der Waals surface area contributed by atoms with E-state index in [9.17, 15) is 19.2 Å². The number of pyridine rings is 2. The minimum atomic E-state index is -0.598. The van der Waals surface area contributed by atoms with Crippen molar-refractivity contribution in [3.8, 4) is 89.5 Å². The van der Waals surface area contributed by atoms with Crippen molar-refractivity contribution in [3.63, 3.8) is 0 Å². The summed E-state index contributed by atoms with van der Waals surface area (Å²) < 4.78 is 24.1. The van der Waals surface area contributed by atoms with E-state index in [4.69, 9.17) is 27.6 Å². The summed E-state index contributed by atoms with van der Waals surface area (Å²) in [5, 5.41) is 11.0. The summed E-state index contributed by atoms with van der Waals surface area (Å²) in [5.41, 5.74) is 9.86. The molecule has 0 atom stereocenters. The molecule has 0 N–H and O–H groups in total. The second-order valence-electron chi connectivity index (χ2n) is 23.0. The molecule has 10 nitrogen and oxygen atoms in total. The Bertz CT molecular complexity index is 6180. The molecule has 0 aliphatic heterocycles. The van der Waals surface area contributed by atoms with Crippen molar-refractivity contribution < 1.29 is 17.7 Å². The Kier molecular flexibility index (Phi) is 12.1. The zero-order valence-corrected chi connectivity index (χ0v) is 48.5. The van der Waals surface area contributed by atoms with Gasteiger partial charge in [0.25, 0.3) is 0 Å². The van der Waals surface area contributed by atoms with E-state index in [1.54, 1.807) is 6.07 Å². The van der Waals surface area contributed by atoms with Crippen LogP contribution in [0, 0.1) is 6.92 Å². The lowest BCUT2D eigenvalue weighted by atomic mass is 9.94. The number of aryl methyl sites for hydroxylation is 1. The van der Waals surface area contributed by atoms with Gasteiger partial charge in [0, 0.05) is 32.7 Å². The number of nitrogens with zero attached hydrogens (tertiary/aromatic N) is 2. The smallest absolute Gasteiger partial charge is 0.346 e. The standard InChI is InChI=1S/C81H46N2O8/c1-45-76-61-17-9-5-13-51(61)33-37-75(76)91-81(87)77(45)71-41-57(40-70(83-71)67-44-66-60-16-8-4-12-50(60)32-36-74(66)90-80(67)86)56-38-68(82-69(39-56)55-28-24-53(25-29-55)63-43-65-59-15-7-3-11-49(59)31-35-73(65)89-79(63)85)54-26-20-47(21-27-54)46-18-22-52(23-19-46)62-42-64-58-14-6-2-10-48(58)30-34-72(64)88-78(62)84/h2-44H,1H3. The van der Waals surface area contributed by atoms with Crippen LogP contribution < -0.4 is 22.5 Å². The summed E-state index contributed by atoms with van der Waals surface area (Å²) in [7, 11) is 0. The van der Waals surface area contributed by atoms with Crippen molar-refractivity contribution in [1.82, 2.24) is 9.97 Å². The first-order chi connectivity index (χ1) is 44.6. The minimum absolute atomic E-state index is 0.203. The SMILES string of the molecule is Cc1c(-c2cc(-c3cc(-c4ccc(-c5ccc(-c6cc7c(ccc8ccccc87)oc6=O)cc5)cc4)nc(-c4ccc(-c5cc6c(ccc7ccccc76)oc5=O)cc4)c3)cc(-c3cc4c(ccc5ccccc54)oc3=O)n2)c(=O)oc2ccc3ccccc3c12. The van der Waals surface area contributed by atoms with Gasteiger partial charge in [-0.15, -0.1) is 0 Å². The first-order valence-electron chi connectivity index (χ1n) is 29.8. The minimum Gasteiger partial charge on any atom is -0.422 e. The van der Waals surface area contributed by atoms with Crippen LogP contribution in [0.1, 0.15) is 5.56 Å². The number of aromatic nitrogens is 2. The van der Waals surface area contributed by atoms with Crippen LogP contribution in [0.2, 0.25) is 0 Å². The van der Waals surface area contributed by atoms with Gasteiger partial charge in [0.05, 0.1) is 45.0 Å². The molecule has 0 radical (unpaired) electrons. The maximum atomic E-state index is 14.6. The van der Waals surface area contributed by atoms with Gasteiger partial charge in [-0.2, -0.15) is 0 Å². The second kappa shape index (κ2) is 20.9. The molecule has 0 spiro atoms. The summed E-state index contributed by atoms with van der Waals surface area (Å²) in [5.74, 6) is 0. The molecular formula is C81H46N2O8. The summed E-state index contributed by atoms with van der Waals surface area (Å²) in [6.45, 7) is 1.91. The van der Waals surface area contributed by atoms with Crippen LogP contribution >= 0.6 is 0 Å². The van der Waals surface area contributed by atoms with Gasteiger partial charge >= 0.3 is 22.5 Å². The fourth-order valence-corrected chi connectivity index (χ4v) is 13.1. The van der Waals surface area contributed by atoms with E-state index in [-0.39, 0.29) is 16.8 Å². The predicted molar refractivity (Wildman–Crippen MR) is 364 cm³/mol. The zero-order valence-electron chi connectivity index (χ0n) is 48.5. The Morgan fingerprint density at radius 2 is 0.582 bits per heavy atom. The highest BCUT2D eigenvalue weighted by Gasteiger charge is 2.23. The molecule has 0 saturated heterocycles. The Balaban J connectivity index is 0.825. The fourth-order valence-electron chi connectivity index (χ4n) is 13.1. The molecule has 0 saturated carbocycles. The lowest BCUT2D eigenvalue weighted by Gasteiger charge is -2.15. The van der Waals surface area contributed by atoms with Gasteiger partial charge in [-0.25, -0.2) is 29.1 Å². The quantitative estimate of drug-likeness (QED) is 0.106. The Morgan fingerprint density at radius 1 is 0.253 bits per heavy atom. The van der Waals surface area contributed by atoms with E-state index in [0.717, 1.165) is 92.5 Å². The van der Waals surface area contributed by atoms with E-state index < -0.39 is 22.5 Å². The maximum absolute atomic E-state index is 14.6. The van der Waals surface area contributed by atoms with E-state index in [2.05, 4.69) is 0 Å². The third-order valence-electron chi connectivity index (χ3n) is 17.7. The number of fused-ring (bicyclic) bond motifs is 12. The monoisotopic (exact) mass is 1170 g/mol. The van der Waals surface area contributed by atoms with Crippen LogP contribution in [0.3, 0.4) is 0 Å². The lowest BCUT2D eigenvalue weighted by molar-refractivity contribution is 0.562. The molecule has 11 aromatic carbocycles. The van der Waals surface area contributed by atoms with Gasteiger partial charge in [0.1, 0.15) is 22.3 Å². The molecule has 17 aromatic rings. The third-order valence-corrected chi connectivity index (χ3v) is 17.7. The second-order valence-corrected chi connectivity index (χ2v) is 23.0. The molecule has 6 aromatic heterocycles. The molecule has 0 aliphatic rings. The Labute approximate surface area is 516 Å².